The van der Waals surface area contributed by atoms with Crippen LogP contribution in [0.5, 0.6) is 11.5 Å². The van der Waals surface area contributed by atoms with Gasteiger partial charge in [-0.2, -0.15) is 0 Å². The summed E-state index contributed by atoms with van der Waals surface area (Å²) >= 11 is 0. The lowest BCUT2D eigenvalue weighted by atomic mass is 9.89. The van der Waals surface area contributed by atoms with Crippen molar-refractivity contribution in [2.75, 3.05) is 14.2 Å². The average molecular weight is 402 g/mol. The van der Waals surface area contributed by atoms with Gasteiger partial charge in [0.1, 0.15) is 5.78 Å². The Kier molecular flexibility index (Phi) is 8.90. The summed E-state index contributed by atoms with van der Waals surface area (Å²) in [5.74, 6) is 0.498. The van der Waals surface area contributed by atoms with Crippen LogP contribution < -0.4 is 9.47 Å². The van der Waals surface area contributed by atoms with Gasteiger partial charge in [0.25, 0.3) is 0 Å². The molecule has 0 amide bonds. The number of ketones is 2. The van der Waals surface area contributed by atoms with Gasteiger partial charge in [-0.3, -0.25) is 14.4 Å². The van der Waals surface area contributed by atoms with Crippen molar-refractivity contribution in [2.45, 2.75) is 51.4 Å². The number of ether oxygens (including phenoxy) is 2. The number of hydrogen-bond acceptors (Lipinski definition) is 5. The van der Waals surface area contributed by atoms with E-state index in [0.29, 0.717) is 29.9 Å². The van der Waals surface area contributed by atoms with Crippen molar-refractivity contribution >= 4 is 17.5 Å². The fraction of sp³-hybridized carbons (Fsp3) is 0.522. The summed E-state index contributed by atoms with van der Waals surface area (Å²) in [6, 6.07) is 5.05. The minimum Gasteiger partial charge on any atom is -0.493 e. The number of rotatable bonds is 12. The van der Waals surface area contributed by atoms with Crippen LogP contribution in [0, 0.1) is 11.8 Å². The smallest absolute Gasteiger partial charge is 0.303 e. The number of methoxy groups -OCH3 is 2. The molecule has 1 aromatic carbocycles. The van der Waals surface area contributed by atoms with Crippen LogP contribution in [0.2, 0.25) is 0 Å². The van der Waals surface area contributed by atoms with Crippen LogP contribution in [0.3, 0.4) is 0 Å². The molecule has 6 heteroatoms. The van der Waals surface area contributed by atoms with Crippen molar-refractivity contribution in [3.63, 3.8) is 0 Å². The first-order valence-electron chi connectivity index (χ1n) is 10.1. The third-order valence-corrected chi connectivity index (χ3v) is 5.47. The molecule has 2 rings (SSSR count). The summed E-state index contributed by atoms with van der Waals surface area (Å²) in [7, 11) is 3.07. The average Bonchev–Trinajstić information content (AvgIpc) is 3.07. The van der Waals surface area contributed by atoms with E-state index >= 15 is 0 Å². The molecular formula is C23H30O6. The molecule has 0 spiro atoms. The van der Waals surface area contributed by atoms with Crippen LogP contribution in [0.15, 0.2) is 30.4 Å². The van der Waals surface area contributed by atoms with Crippen LogP contribution in [0.1, 0.15) is 61.7 Å². The van der Waals surface area contributed by atoms with Crippen molar-refractivity contribution in [2.24, 2.45) is 11.8 Å². The SMILES string of the molecule is COc1ccc(C(=O)C=CC2CCC(=O)C2CCCCCCC(=O)O)cc1OC. The Morgan fingerprint density at radius 3 is 2.52 bits per heavy atom. The maximum absolute atomic E-state index is 12.5. The fourth-order valence-electron chi connectivity index (χ4n) is 3.83. The number of Topliss-reactive ketones (excluding diaryl/α,β-unsaturated/α-hetero) is 1. The van der Waals surface area contributed by atoms with Crippen molar-refractivity contribution in [3.05, 3.63) is 35.9 Å². The zero-order chi connectivity index (χ0) is 21.2. The van der Waals surface area contributed by atoms with Crippen LogP contribution in [0.4, 0.5) is 0 Å². The van der Waals surface area contributed by atoms with Crippen LogP contribution in [-0.4, -0.2) is 36.9 Å². The second kappa shape index (κ2) is 11.4. The molecular weight excluding hydrogens is 372 g/mol. The molecule has 1 saturated carbocycles. The normalized spacial score (nSPS) is 18.9. The van der Waals surface area contributed by atoms with Crippen LogP contribution in [-0.2, 0) is 9.59 Å². The summed E-state index contributed by atoms with van der Waals surface area (Å²) in [5, 5.41) is 8.66. The topological polar surface area (TPSA) is 89.9 Å². The predicted molar refractivity (Wildman–Crippen MR) is 110 cm³/mol. The van der Waals surface area contributed by atoms with Crippen molar-refractivity contribution in [1.82, 2.24) is 0 Å². The second-order valence-corrected chi connectivity index (χ2v) is 7.42. The first-order valence-corrected chi connectivity index (χ1v) is 10.1. The molecule has 0 saturated heterocycles. The van der Waals surface area contributed by atoms with Crippen LogP contribution in [0.25, 0.3) is 0 Å². The summed E-state index contributed by atoms with van der Waals surface area (Å²) in [6.07, 6.45) is 9.15. The molecule has 0 radical (unpaired) electrons. The number of carboxylic acids is 1. The second-order valence-electron chi connectivity index (χ2n) is 7.42. The molecule has 0 bridgehead atoms. The summed E-state index contributed by atoms with van der Waals surface area (Å²) in [4.78, 5) is 35.3. The van der Waals surface area contributed by atoms with Gasteiger partial charge in [0.2, 0.25) is 0 Å². The maximum atomic E-state index is 12.5. The molecule has 2 unspecified atom stereocenters. The van der Waals surface area contributed by atoms with E-state index < -0.39 is 5.97 Å². The molecule has 29 heavy (non-hydrogen) atoms. The van der Waals surface area contributed by atoms with Gasteiger partial charge < -0.3 is 14.6 Å². The van der Waals surface area contributed by atoms with E-state index in [0.717, 1.165) is 32.1 Å². The molecule has 1 aromatic rings. The predicted octanol–water partition coefficient (Wildman–Crippen LogP) is 4.46. The highest BCUT2D eigenvalue weighted by Crippen LogP contribution is 2.34. The van der Waals surface area contributed by atoms with E-state index in [4.69, 9.17) is 14.6 Å². The van der Waals surface area contributed by atoms with E-state index in [1.54, 1.807) is 31.4 Å². The lowest BCUT2D eigenvalue weighted by molar-refractivity contribution is -0.137. The Balaban J connectivity index is 1.90. The molecule has 0 aromatic heterocycles. The number of carbonyl (C=O) groups is 3. The molecule has 158 valence electrons. The zero-order valence-electron chi connectivity index (χ0n) is 17.2. The quantitative estimate of drug-likeness (QED) is 0.315. The highest BCUT2D eigenvalue weighted by atomic mass is 16.5. The highest BCUT2D eigenvalue weighted by molar-refractivity contribution is 6.05. The highest BCUT2D eigenvalue weighted by Gasteiger charge is 2.32. The third-order valence-electron chi connectivity index (χ3n) is 5.47. The molecule has 1 N–H and O–H groups in total. The Bertz CT molecular complexity index is 752. The van der Waals surface area contributed by atoms with Crippen LogP contribution >= 0.6 is 0 Å². The lowest BCUT2D eigenvalue weighted by Gasteiger charge is -2.14. The fourth-order valence-corrected chi connectivity index (χ4v) is 3.83. The van der Waals surface area contributed by atoms with Gasteiger partial charge >= 0.3 is 5.97 Å². The number of carbonyl (C=O) groups excluding carboxylic acids is 2. The first kappa shape index (κ1) is 22.7. The van der Waals surface area contributed by atoms with Gasteiger partial charge in [-0.1, -0.05) is 25.3 Å². The van der Waals surface area contributed by atoms with E-state index in [2.05, 4.69) is 0 Å². The molecule has 6 nitrogen and oxygen atoms in total. The number of benzene rings is 1. The largest absolute Gasteiger partial charge is 0.493 e. The molecule has 1 aliphatic carbocycles. The van der Waals surface area contributed by atoms with Gasteiger partial charge in [0, 0.05) is 24.3 Å². The minimum absolute atomic E-state index is 0.0380. The Morgan fingerprint density at radius 2 is 1.83 bits per heavy atom. The zero-order valence-corrected chi connectivity index (χ0v) is 17.2. The van der Waals surface area contributed by atoms with Gasteiger partial charge in [-0.15, -0.1) is 0 Å². The standard InChI is InChI=1S/C23H30O6/c1-28-21-14-11-17(15-22(21)29-2)19(24)12-9-16-10-13-20(25)18(16)7-5-3-4-6-8-23(26)27/h9,11-12,14-16,18H,3-8,10,13H2,1-2H3,(H,26,27). The number of allylic oxidation sites excluding steroid dienone is 2. The third kappa shape index (κ3) is 6.73. The molecule has 1 aliphatic rings. The van der Waals surface area contributed by atoms with Crippen molar-refractivity contribution < 1.29 is 29.0 Å². The number of hydrogen-bond donors (Lipinski definition) is 1. The molecule has 2 atom stereocenters. The molecule has 0 aliphatic heterocycles. The Morgan fingerprint density at radius 1 is 1.10 bits per heavy atom. The number of aliphatic carboxylic acids is 1. The Labute approximate surface area is 171 Å². The first-order chi connectivity index (χ1) is 14.0. The van der Waals surface area contributed by atoms with Gasteiger partial charge in [0.05, 0.1) is 14.2 Å². The van der Waals surface area contributed by atoms with Gasteiger partial charge in [-0.25, -0.2) is 0 Å². The lowest BCUT2D eigenvalue weighted by Crippen LogP contribution is -2.13. The minimum atomic E-state index is -0.764. The van der Waals surface area contributed by atoms with E-state index in [1.807, 2.05) is 6.08 Å². The molecule has 1 fully saturated rings. The Hall–Kier alpha value is -2.63. The van der Waals surface area contributed by atoms with E-state index in [9.17, 15) is 14.4 Å². The monoisotopic (exact) mass is 402 g/mol. The summed E-state index contributed by atoms with van der Waals surface area (Å²) in [5.41, 5.74) is 0.512. The van der Waals surface area contributed by atoms with Crippen molar-refractivity contribution in [1.29, 1.82) is 0 Å². The number of unbranched alkanes of at least 4 members (excludes halogenated alkanes) is 3. The summed E-state index contributed by atoms with van der Waals surface area (Å²) in [6.45, 7) is 0. The van der Waals surface area contributed by atoms with Gasteiger partial charge in [-0.05, 0) is 49.5 Å². The van der Waals surface area contributed by atoms with E-state index in [-0.39, 0.29) is 29.8 Å². The van der Waals surface area contributed by atoms with E-state index in [1.165, 1.54) is 7.11 Å². The molecule has 0 heterocycles. The van der Waals surface area contributed by atoms with Crippen molar-refractivity contribution in [3.8, 4) is 11.5 Å². The summed E-state index contributed by atoms with van der Waals surface area (Å²) < 4.78 is 10.4. The van der Waals surface area contributed by atoms with Gasteiger partial charge in [0.15, 0.2) is 17.3 Å². The number of carboxylic acid groups (broad SMARTS) is 1. The maximum Gasteiger partial charge on any atom is 0.303 e.